The third-order valence-electron chi connectivity index (χ3n) is 5.65. The molecule has 4 aromatic rings. The van der Waals surface area contributed by atoms with Gasteiger partial charge >= 0.3 is 6.18 Å². The van der Waals surface area contributed by atoms with Crippen molar-refractivity contribution in [3.63, 3.8) is 0 Å². The molecule has 2 aromatic carbocycles. The van der Waals surface area contributed by atoms with E-state index in [1.807, 2.05) is 30.3 Å². The normalized spacial score (nSPS) is 12.5. The molecule has 1 atom stereocenters. The molecule has 2 aromatic heterocycles. The van der Waals surface area contributed by atoms with Gasteiger partial charge in [-0.25, -0.2) is 9.97 Å². The molecule has 0 aliphatic rings. The zero-order valence-electron chi connectivity index (χ0n) is 19.5. The van der Waals surface area contributed by atoms with Crippen LogP contribution in [-0.2, 0) is 19.1 Å². The summed E-state index contributed by atoms with van der Waals surface area (Å²) < 4.78 is 50.9. The number of benzene rings is 2. The number of methoxy groups -OCH3 is 1. The van der Waals surface area contributed by atoms with Crippen molar-refractivity contribution in [2.24, 2.45) is 5.73 Å². The van der Waals surface area contributed by atoms with Gasteiger partial charge in [-0.05, 0) is 36.2 Å². The Morgan fingerprint density at radius 2 is 1.89 bits per heavy atom. The number of ether oxygens (including phenoxy) is 1. The van der Waals surface area contributed by atoms with E-state index in [9.17, 15) is 18.3 Å². The lowest BCUT2D eigenvalue weighted by molar-refractivity contribution is -0.140. The first-order chi connectivity index (χ1) is 17.2. The number of fused-ring (bicyclic) bond motifs is 1. The van der Waals surface area contributed by atoms with E-state index >= 15 is 0 Å². The molecule has 0 spiro atoms. The van der Waals surface area contributed by atoms with Crippen LogP contribution in [0, 0.1) is 0 Å². The van der Waals surface area contributed by atoms with Crippen LogP contribution in [0.3, 0.4) is 0 Å². The van der Waals surface area contributed by atoms with Gasteiger partial charge in [-0.3, -0.25) is 0 Å². The third kappa shape index (κ3) is 5.19. The Morgan fingerprint density at radius 1 is 1.14 bits per heavy atom. The Balaban J connectivity index is 1.69. The molecule has 7 nitrogen and oxygen atoms in total. The number of halogens is 3. The Kier molecular flexibility index (Phi) is 7.27. The molecule has 0 saturated carbocycles. The smallest absolute Gasteiger partial charge is 0.433 e. The average Bonchev–Trinajstić information content (AvgIpc) is 3.31. The summed E-state index contributed by atoms with van der Waals surface area (Å²) in [4.78, 5) is 8.32. The van der Waals surface area contributed by atoms with Gasteiger partial charge < -0.3 is 25.3 Å². The van der Waals surface area contributed by atoms with Crippen molar-refractivity contribution < 1.29 is 27.4 Å². The van der Waals surface area contributed by atoms with Gasteiger partial charge in [0.15, 0.2) is 0 Å². The molecule has 0 amide bonds. The number of aromatic nitrogens is 2. The molecule has 4 rings (SSSR count). The summed E-state index contributed by atoms with van der Waals surface area (Å²) in [5, 5.41) is 13.4. The number of alkyl halides is 3. The number of nitrogens with zero attached hydrogens (tertiary/aromatic N) is 2. The summed E-state index contributed by atoms with van der Waals surface area (Å²) in [6.45, 7) is 3.90. The summed E-state index contributed by atoms with van der Waals surface area (Å²) in [5.41, 5.74) is 7.09. The highest BCUT2D eigenvalue weighted by Crippen LogP contribution is 2.37. The van der Waals surface area contributed by atoms with Crippen LogP contribution in [0.15, 0.2) is 65.6 Å². The number of oxazole rings is 1. The molecule has 188 valence electrons. The number of rotatable bonds is 9. The lowest BCUT2D eigenvalue weighted by Crippen LogP contribution is -2.33. The van der Waals surface area contributed by atoms with E-state index in [0.717, 1.165) is 11.6 Å². The van der Waals surface area contributed by atoms with Crippen molar-refractivity contribution >= 4 is 16.6 Å². The van der Waals surface area contributed by atoms with Crippen molar-refractivity contribution in [2.45, 2.75) is 25.2 Å². The highest BCUT2D eigenvalue weighted by Gasteiger charge is 2.33. The molecule has 0 aliphatic heterocycles. The molecule has 36 heavy (non-hydrogen) atoms. The van der Waals surface area contributed by atoms with E-state index in [-0.39, 0.29) is 36.4 Å². The summed E-state index contributed by atoms with van der Waals surface area (Å²) in [5.74, 6) is 0.664. The summed E-state index contributed by atoms with van der Waals surface area (Å²) >= 11 is 0. The standard InChI is InChI=1S/C26H25F3N4O3/c1-15(31-17(14-34)12-16-6-4-3-5-7-16)23-21(13-30)36-25(33-23)19-8-10-20(35-2)24-18(19)9-11-22(32-24)26(27,28)29/h3-11,17,31,34H,1,12-14,30H2,2H3/t17-/m0/s1. The van der Waals surface area contributed by atoms with Gasteiger partial charge in [0.2, 0.25) is 5.89 Å². The molecule has 0 saturated heterocycles. The Hall–Kier alpha value is -3.89. The molecule has 0 aliphatic carbocycles. The van der Waals surface area contributed by atoms with Crippen molar-refractivity contribution in [3.8, 4) is 17.2 Å². The molecule has 0 unspecified atom stereocenters. The molecular weight excluding hydrogens is 473 g/mol. The first-order valence-electron chi connectivity index (χ1n) is 11.1. The van der Waals surface area contributed by atoms with Crippen LogP contribution in [0.25, 0.3) is 28.1 Å². The number of pyridine rings is 1. The van der Waals surface area contributed by atoms with E-state index in [0.29, 0.717) is 34.5 Å². The quantitative estimate of drug-likeness (QED) is 0.311. The van der Waals surface area contributed by atoms with Crippen molar-refractivity contribution in [2.75, 3.05) is 13.7 Å². The molecule has 4 N–H and O–H groups in total. The molecule has 10 heteroatoms. The van der Waals surface area contributed by atoms with Gasteiger partial charge in [0.25, 0.3) is 0 Å². The number of hydrogen-bond donors (Lipinski definition) is 3. The fraction of sp³-hybridized carbons (Fsp3) is 0.231. The fourth-order valence-corrected chi connectivity index (χ4v) is 3.92. The van der Waals surface area contributed by atoms with Crippen molar-refractivity contribution in [1.29, 1.82) is 0 Å². The maximum Gasteiger partial charge on any atom is 0.433 e. The van der Waals surface area contributed by atoms with Gasteiger partial charge in [0.05, 0.1) is 32.0 Å². The zero-order valence-corrected chi connectivity index (χ0v) is 19.5. The van der Waals surface area contributed by atoms with Crippen LogP contribution < -0.4 is 15.8 Å². The first-order valence-corrected chi connectivity index (χ1v) is 11.1. The van der Waals surface area contributed by atoms with Gasteiger partial charge in [-0.2, -0.15) is 13.2 Å². The van der Waals surface area contributed by atoms with Crippen LogP contribution in [0.1, 0.15) is 22.7 Å². The minimum Gasteiger partial charge on any atom is -0.494 e. The van der Waals surface area contributed by atoms with E-state index in [1.54, 1.807) is 6.07 Å². The molecule has 0 radical (unpaired) electrons. The van der Waals surface area contributed by atoms with E-state index in [4.69, 9.17) is 14.9 Å². The number of hydrogen-bond acceptors (Lipinski definition) is 7. The third-order valence-corrected chi connectivity index (χ3v) is 5.65. The monoisotopic (exact) mass is 498 g/mol. The van der Waals surface area contributed by atoms with E-state index < -0.39 is 11.9 Å². The van der Waals surface area contributed by atoms with E-state index in [1.165, 1.54) is 19.2 Å². The van der Waals surface area contributed by atoms with Crippen LogP contribution >= 0.6 is 0 Å². The number of aliphatic hydroxyl groups is 1. The van der Waals surface area contributed by atoms with Crippen molar-refractivity contribution in [1.82, 2.24) is 15.3 Å². The summed E-state index contributed by atoms with van der Waals surface area (Å²) in [6, 6.07) is 14.7. The second-order valence-electron chi connectivity index (χ2n) is 8.09. The molecule has 0 bridgehead atoms. The second-order valence-corrected chi connectivity index (χ2v) is 8.09. The SMILES string of the molecule is C=C(N[C@H](CO)Cc1ccccc1)c1nc(-c2ccc(OC)c3nc(C(F)(F)F)ccc23)oc1CN. The second kappa shape index (κ2) is 10.4. The molecule has 2 heterocycles. The number of nitrogens with two attached hydrogens (primary N) is 1. The molecular formula is C26H25F3N4O3. The Labute approximate surface area is 205 Å². The van der Waals surface area contributed by atoms with Gasteiger partial charge in [-0.15, -0.1) is 0 Å². The Morgan fingerprint density at radius 3 is 2.53 bits per heavy atom. The van der Waals surface area contributed by atoms with Gasteiger partial charge in [0, 0.05) is 10.9 Å². The maximum absolute atomic E-state index is 13.3. The van der Waals surface area contributed by atoms with Crippen LogP contribution in [-0.4, -0.2) is 34.8 Å². The molecule has 0 fully saturated rings. The highest BCUT2D eigenvalue weighted by atomic mass is 19.4. The van der Waals surface area contributed by atoms with Crippen LogP contribution in [0.4, 0.5) is 13.2 Å². The minimum atomic E-state index is -4.61. The van der Waals surface area contributed by atoms with Crippen LogP contribution in [0.5, 0.6) is 5.75 Å². The number of nitrogens with one attached hydrogen (secondary N) is 1. The van der Waals surface area contributed by atoms with Crippen LogP contribution in [0.2, 0.25) is 0 Å². The predicted octanol–water partition coefficient (Wildman–Crippen LogP) is 4.54. The largest absolute Gasteiger partial charge is 0.494 e. The Bertz CT molecular complexity index is 1370. The summed E-state index contributed by atoms with van der Waals surface area (Å²) in [6.07, 6.45) is -4.06. The lowest BCUT2D eigenvalue weighted by atomic mass is 10.1. The average molecular weight is 499 g/mol. The first kappa shape index (κ1) is 25.2. The topological polar surface area (TPSA) is 106 Å². The van der Waals surface area contributed by atoms with Gasteiger partial charge in [-0.1, -0.05) is 36.9 Å². The zero-order chi connectivity index (χ0) is 25.9. The van der Waals surface area contributed by atoms with E-state index in [2.05, 4.69) is 21.9 Å². The lowest BCUT2D eigenvalue weighted by Gasteiger charge is -2.18. The fourth-order valence-electron chi connectivity index (χ4n) is 3.92. The number of aliphatic hydroxyl groups excluding tert-OH is 1. The highest BCUT2D eigenvalue weighted by molar-refractivity contribution is 5.96. The van der Waals surface area contributed by atoms with Crippen molar-refractivity contribution in [3.05, 3.63) is 83.9 Å². The summed E-state index contributed by atoms with van der Waals surface area (Å²) in [7, 11) is 1.36. The van der Waals surface area contributed by atoms with Gasteiger partial charge in [0.1, 0.15) is 28.4 Å². The minimum absolute atomic E-state index is 0.00999. The predicted molar refractivity (Wildman–Crippen MR) is 130 cm³/mol. The maximum atomic E-state index is 13.3.